The number of anilines is 1. The van der Waals surface area contributed by atoms with Gasteiger partial charge in [-0.05, 0) is 61.6 Å². The van der Waals surface area contributed by atoms with E-state index < -0.39 is 5.54 Å². The van der Waals surface area contributed by atoms with Crippen LogP contribution in [-0.2, 0) is 10.3 Å². The summed E-state index contributed by atoms with van der Waals surface area (Å²) in [5, 5.41) is 8.18. The molecule has 1 aromatic heterocycles. The minimum absolute atomic E-state index is 0.0354. The van der Waals surface area contributed by atoms with Gasteiger partial charge in [0.25, 0.3) is 11.8 Å². The van der Waals surface area contributed by atoms with E-state index in [1.807, 2.05) is 61.0 Å². The van der Waals surface area contributed by atoms with Crippen molar-refractivity contribution in [3.63, 3.8) is 0 Å². The van der Waals surface area contributed by atoms with Crippen LogP contribution >= 0.6 is 23.2 Å². The SMILES string of the molecule is Cc1ccc(Cl)cc1N1C(=O)c2nn(-c3ccccc3C)c(C(C)C)c2C12C(=O)NC1=CC(Cl)CC=C12. The van der Waals surface area contributed by atoms with Gasteiger partial charge < -0.3 is 5.32 Å². The van der Waals surface area contributed by atoms with E-state index in [2.05, 4.69) is 19.2 Å². The molecule has 0 saturated carbocycles. The molecule has 2 amide bonds. The van der Waals surface area contributed by atoms with E-state index in [-0.39, 0.29) is 28.8 Å². The van der Waals surface area contributed by atoms with Crippen molar-refractivity contribution in [1.82, 2.24) is 15.1 Å². The molecule has 3 aromatic rings. The topological polar surface area (TPSA) is 67.2 Å². The Morgan fingerprint density at radius 1 is 1.08 bits per heavy atom. The van der Waals surface area contributed by atoms with Crippen molar-refractivity contribution in [3.05, 3.63) is 99.0 Å². The molecule has 188 valence electrons. The van der Waals surface area contributed by atoms with Gasteiger partial charge in [-0.3, -0.25) is 14.5 Å². The highest BCUT2D eigenvalue weighted by Crippen LogP contribution is 2.55. The zero-order valence-electron chi connectivity index (χ0n) is 21.0. The lowest BCUT2D eigenvalue weighted by Crippen LogP contribution is -2.51. The molecule has 1 aliphatic carbocycles. The number of carbonyl (C=O) groups is 2. The molecule has 2 aliphatic heterocycles. The minimum atomic E-state index is -1.43. The fourth-order valence-electron chi connectivity index (χ4n) is 5.87. The first-order valence-corrected chi connectivity index (χ1v) is 13.2. The highest BCUT2D eigenvalue weighted by atomic mass is 35.5. The minimum Gasteiger partial charge on any atom is -0.323 e. The zero-order valence-corrected chi connectivity index (χ0v) is 22.5. The Bertz CT molecular complexity index is 1570. The van der Waals surface area contributed by atoms with E-state index in [4.69, 9.17) is 28.3 Å². The van der Waals surface area contributed by atoms with Crippen LogP contribution in [0.2, 0.25) is 5.02 Å². The molecule has 37 heavy (non-hydrogen) atoms. The Labute approximate surface area is 225 Å². The molecular formula is C29H26Cl2N4O2. The number of benzene rings is 2. The lowest BCUT2D eigenvalue weighted by atomic mass is 9.79. The van der Waals surface area contributed by atoms with Gasteiger partial charge in [-0.15, -0.1) is 11.6 Å². The Hall–Kier alpha value is -3.35. The first kappa shape index (κ1) is 24.0. The third kappa shape index (κ3) is 3.22. The molecule has 0 radical (unpaired) electrons. The van der Waals surface area contributed by atoms with Gasteiger partial charge >= 0.3 is 0 Å². The number of para-hydroxylation sites is 1. The monoisotopic (exact) mass is 532 g/mol. The van der Waals surface area contributed by atoms with Crippen molar-refractivity contribution in [2.24, 2.45) is 0 Å². The Morgan fingerprint density at radius 2 is 1.81 bits per heavy atom. The number of alkyl halides is 1. The standard InChI is InChI=1S/C29H26Cl2N4O2/c1-15(2)26-24-25(33-35(26)22-8-6-5-7-16(22)3)27(36)34(23-14-19(31)10-9-17(23)4)29(24)20-12-11-18(30)13-21(20)32-28(29)37/h5-10,12-15,18H,11H2,1-4H3,(H,32,37). The van der Waals surface area contributed by atoms with Crippen molar-refractivity contribution >= 4 is 40.7 Å². The molecule has 2 aromatic carbocycles. The van der Waals surface area contributed by atoms with Crippen molar-refractivity contribution < 1.29 is 9.59 Å². The van der Waals surface area contributed by atoms with Crippen LogP contribution in [0.4, 0.5) is 5.69 Å². The zero-order chi connectivity index (χ0) is 26.2. The van der Waals surface area contributed by atoms with Crippen LogP contribution in [0.15, 0.2) is 65.9 Å². The van der Waals surface area contributed by atoms with Gasteiger partial charge in [0.15, 0.2) is 11.2 Å². The maximum absolute atomic E-state index is 14.4. The summed E-state index contributed by atoms with van der Waals surface area (Å²) in [6, 6.07) is 13.3. The molecule has 1 fully saturated rings. The summed E-state index contributed by atoms with van der Waals surface area (Å²) in [4.78, 5) is 30.2. The number of carbonyl (C=O) groups excluding carboxylic acids is 2. The second kappa shape index (κ2) is 8.33. The summed E-state index contributed by atoms with van der Waals surface area (Å²) in [7, 11) is 0. The summed E-state index contributed by atoms with van der Waals surface area (Å²) in [5.41, 5.74) is 4.97. The van der Waals surface area contributed by atoms with Crippen molar-refractivity contribution in [3.8, 4) is 5.69 Å². The lowest BCUT2D eigenvalue weighted by molar-refractivity contribution is -0.122. The average Bonchev–Trinajstić information content (AvgIpc) is 3.45. The lowest BCUT2D eigenvalue weighted by Gasteiger charge is -2.37. The molecule has 0 bridgehead atoms. The van der Waals surface area contributed by atoms with Gasteiger partial charge in [0.2, 0.25) is 0 Å². The van der Waals surface area contributed by atoms with Gasteiger partial charge in [-0.25, -0.2) is 4.68 Å². The summed E-state index contributed by atoms with van der Waals surface area (Å²) in [6.45, 7) is 8.04. The molecule has 2 atom stereocenters. The van der Waals surface area contributed by atoms with E-state index in [1.54, 1.807) is 17.0 Å². The highest BCUT2D eigenvalue weighted by Gasteiger charge is 2.65. The van der Waals surface area contributed by atoms with E-state index >= 15 is 0 Å². The average molecular weight is 533 g/mol. The number of aryl methyl sites for hydroxylation is 2. The van der Waals surface area contributed by atoms with E-state index in [1.165, 1.54) is 0 Å². The predicted octanol–water partition coefficient (Wildman–Crippen LogP) is 6.07. The number of hydrogen-bond acceptors (Lipinski definition) is 3. The largest absolute Gasteiger partial charge is 0.323 e. The smallest absolute Gasteiger partial charge is 0.280 e. The number of hydrogen-bond donors (Lipinski definition) is 1. The van der Waals surface area contributed by atoms with E-state index in [0.29, 0.717) is 28.4 Å². The molecule has 2 unspecified atom stereocenters. The van der Waals surface area contributed by atoms with E-state index in [9.17, 15) is 9.59 Å². The summed E-state index contributed by atoms with van der Waals surface area (Å²) in [5.74, 6) is -0.667. The van der Waals surface area contributed by atoms with Gasteiger partial charge in [0.1, 0.15) is 0 Å². The maximum atomic E-state index is 14.4. The highest BCUT2D eigenvalue weighted by molar-refractivity contribution is 6.31. The molecule has 3 aliphatic rings. The number of fused-ring (bicyclic) bond motifs is 4. The first-order chi connectivity index (χ1) is 17.7. The van der Waals surface area contributed by atoms with Crippen LogP contribution in [0, 0.1) is 13.8 Å². The Morgan fingerprint density at radius 3 is 2.54 bits per heavy atom. The number of amides is 2. The summed E-state index contributed by atoms with van der Waals surface area (Å²) < 4.78 is 1.84. The van der Waals surface area contributed by atoms with Crippen LogP contribution < -0.4 is 10.2 Å². The van der Waals surface area contributed by atoms with Crippen molar-refractivity contribution in [2.75, 3.05) is 4.90 Å². The quantitative estimate of drug-likeness (QED) is 0.416. The van der Waals surface area contributed by atoms with Crippen molar-refractivity contribution in [2.45, 2.75) is 50.9 Å². The second-order valence-corrected chi connectivity index (χ2v) is 11.1. The van der Waals surface area contributed by atoms with Crippen LogP contribution in [0.25, 0.3) is 5.69 Å². The fraction of sp³-hybridized carbons (Fsp3) is 0.276. The van der Waals surface area contributed by atoms with Crippen LogP contribution in [0.3, 0.4) is 0 Å². The molecular weight excluding hydrogens is 507 g/mol. The normalized spacial score (nSPS) is 22.4. The van der Waals surface area contributed by atoms with Gasteiger partial charge in [-0.1, -0.05) is 55.8 Å². The number of allylic oxidation sites excluding steroid dienone is 2. The summed E-state index contributed by atoms with van der Waals surface area (Å²) >= 11 is 12.9. The first-order valence-electron chi connectivity index (χ1n) is 12.3. The number of rotatable bonds is 3. The number of nitrogens with one attached hydrogen (secondary N) is 1. The second-order valence-electron chi connectivity index (χ2n) is 10.1. The molecule has 6 rings (SSSR count). The molecule has 1 saturated heterocycles. The molecule has 6 nitrogen and oxygen atoms in total. The van der Waals surface area contributed by atoms with Crippen LogP contribution in [0.1, 0.15) is 59.1 Å². The van der Waals surface area contributed by atoms with Crippen LogP contribution in [0.5, 0.6) is 0 Å². The number of aromatic nitrogens is 2. The number of halogens is 2. The Balaban J connectivity index is 1.73. The van der Waals surface area contributed by atoms with Gasteiger partial charge in [-0.2, -0.15) is 5.10 Å². The summed E-state index contributed by atoms with van der Waals surface area (Å²) in [6.07, 6.45) is 4.39. The van der Waals surface area contributed by atoms with Gasteiger partial charge in [0.05, 0.1) is 22.4 Å². The van der Waals surface area contributed by atoms with Crippen LogP contribution in [-0.4, -0.2) is 27.0 Å². The predicted molar refractivity (Wildman–Crippen MR) is 146 cm³/mol. The third-order valence-corrected chi connectivity index (χ3v) is 8.02. The molecule has 8 heteroatoms. The molecule has 1 N–H and O–H groups in total. The molecule has 3 heterocycles. The number of nitrogens with zero attached hydrogens (tertiary/aromatic N) is 3. The van der Waals surface area contributed by atoms with Gasteiger partial charge in [0, 0.05) is 21.9 Å². The van der Waals surface area contributed by atoms with Crippen molar-refractivity contribution in [1.29, 1.82) is 0 Å². The Kier molecular flexibility index (Phi) is 5.41. The maximum Gasteiger partial charge on any atom is 0.280 e. The van der Waals surface area contributed by atoms with E-state index in [0.717, 1.165) is 28.1 Å². The third-order valence-electron chi connectivity index (χ3n) is 7.48. The molecule has 1 spiro atoms. The fourth-order valence-corrected chi connectivity index (χ4v) is 6.26.